The number of thiazole rings is 1. The van der Waals surface area contributed by atoms with Gasteiger partial charge in [-0.25, -0.2) is 4.98 Å². The molecule has 1 aromatic rings. The molecule has 11 heavy (non-hydrogen) atoms. The lowest BCUT2D eigenvalue weighted by Gasteiger charge is -2.04. The highest BCUT2D eigenvalue weighted by Crippen LogP contribution is 2.18. The Morgan fingerprint density at radius 2 is 2.27 bits per heavy atom. The summed E-state index contributed by atoms with van der Waals surface area (Å²) in [6.07, 6.45) is 0. The summed E-state index contributed by atoms with van der Waals surface area (Å²) in [6, 6.07) is 0. The molecule has 0 N–H and O–H groups in total. The Bertz CT molecular complexity index is 212. The van der Waals surface area contributed by atoms with Crippen molar-refractivity contribution in [2.24, 2.45) is 0 Å². The van der Waals surface area contributed by atoms with Crippen molar-refractivity contribution in [3.8, 4) is 0 Å². The zero-order valence-electron chi connectivity index (χ0n) is 6.37. The van der Waals surface area contributed by atoms with Crippen molar-refractivity contribution in [3.63, 3.8) is 0 Å². The van der Waals surface area contributed by atoms with Gasteiger partial charge < -0.3 is 4.90 Å². The van der Waals surface area contributed by atoms with Gasteiger partial charge in [-0.2, -0.15) is 0 Å². The lowest BCUT2D eigenvalue weighted by Crippen LogP contribution is -2.07. The largest absolute Gasteiger partial charge is 0.354 e. The molecular weight excluding hydrogens is 203 g/mol. The minimum Gasteiger partial charge on any atom is -0.354 e. The van der Waals surface area contributed by atoms with Gasteiger partial charge in [0.15, 0.2) is 5.13 Å². The second kappa shape index (κ2) is 4.80. The molecule has 1 aromatic heterocycles. The SMILES string of the molecule is CN(C)c1nc(CCl)cs1.Cl. The van der Waals surface area contributed by atoms with E-state index in [-0.39, 0.29) is 12.4 Å². The molecule has 0 unspecified atom stereocenters. The van der Waals surface area contributed by atoms with Crippen LogP contribution in [0.1, 0.15) is 5.69 Å². The van der Waals surface area contributed by atoms with Gasteiger partial charge in [-0.1, -0.05) is 0 Å². The quantitative estimate of drug-likeness (QED) is 0.701. The third-order valence-electron chi connectivity index (χ3n) is 1.06. The summed E-state index contributed by atoms with van der Waals surface area (Å²) in [6.45, 7) is 0. The predicted molar refractivity (Wildman–Crippen MR) is 53.2 cm³/mol. The predicted octanol–water partition coefficient (Wildman–Crippen LogP) is 2.37. The van der Waals surface area contributed by atoms with Crippen LogP contribution < -0.4 is 4.90 Å². The molecule has 1 rings (SSSR count). The van der Waals surface area contributed by atoms with E-state index in [1.807, 2.05) is 24.4 Å². The van der Waals surface area contributed by atoms with Crippen molar-refractivity contribution in [2.75, 3.05) is 19.0 Å². The molecule has 0 aromatic carbocycles. The summed E-state index contributed by atoms with van der Waals surface area (Å²) in [7, 11) is 3.94. The van der Waals surface area contributed by atoms with E-state index >= 15 is 0 Å². The maximum Gasteiger partial charge on any atom is 0.185 e. The average molecular weight is 213 g/mol. The van der Waals surface area contributed by atoms with Gasteiger partial charge in [-0.15, -0.1) is 35.3 Å². The number of hydrogen-bond acceptors (Lipinski definition) is 3. The topological polar surface area (TPSA) is 16.1 Å². The van der Waals surface area contributed by atoms with E-state index < -0.39 is 0 Å². The van der Waals surface area contributed by atoms with Crippen molar-refractivity contribution in [2.45, 2.75) is 5.88 Å². The second-order valence-corrected chi connectivity index (χ2v) is 3.25. The maximum atomic E-state index is 5.57. The number of aromatic nitrogens is 1. The van der Waals surface area contributed by atoms with Gasteiger partial charge in [0.1, 0.15) is 0 Å². The minimum absolute atomic E-state index is 0. The van der Waals surface area contributed by atoms with Crippen LogP contribution in [-0.4, -0.2) is 19.1 Å². The van der Waals surface area contributed by atoms with E-state index in [9.17, 15) is 0 Å². The fraction of sp³-hybridized carbons (Fsp3) is 0.500. The summed E-state index contributed by atoms with van der Waals surface area (Å²) in [5.74, 6) is 0.504. The van der Waals surface area contributed by atoms with Crippen LogP contribution in [0.25, 0.3) is 0 Å². The maximum absolute atomic E-state index is 5.57. The molecule has 0 spiro atoms. The van der Waals surface area contributed by atoms with E-state index in [0.29, 0.717) is 5.88 Å². The van der Waals surface area contributed by atoms with Gasteiger partial charge in [-0.05, 0) is 0 Å². The molecule has 0 aliphatic carbocycles. The van der Waals surface area contributed by atoms with Crippen LogP contribution in [0.4, 0.5) is 5.13 Å². The molecule has 64 valence electrons. The van der Waals surface area contributed by atoms with Gasteiger partial charge >= 0.3 is 0 Å². The molecule has 5 heteroatoms. The van der Waals surface area contributed by atoms with Crippen LogP contribution in [-0.2, 0) is 5.88 Å². The van der Waals surface area contributed by atoms with E-state index in [4.69, 9.17) is 11.6 Å². The molecule has 0 bridgehead atoms. The Morgan fingerprint density at radius 3 is 2.55 bits per heavy atom. The van der Waals surface area contributed by atoms with Crippen LogP contribution in [0.2, 0.25) is 0 Å². The van der Waals surface area contributed by atoms with Crippen LogP contribution in [0.5, 0.6) is 0 Å². The summed E-state index contributed by atoms with van der Waals surface area (Å²) >= 11 is 7.18. The van der Waals surface area contributed by atoms with E-state index in [0.717, 1.165) is 10.8 Å². The minimum atomic E-state index is 0. The van der Waals surface area contributed by atoms with Crippen molar-refractivity contribution >= 4 is 40.5 Å². The van der Waals surface area contributed by atoms with Crippen molar-refractivity contribution in [1.29, 1.82) is 0 Å². The molecule has 0 atom stereocenters. The molecule has 0 radical (unpaired) electrons. The highest BCUT2D eigenvalue weighted by Gasteiger charge is 2.00. The Labute approximate surface area is 81.6 Å². The molecule has 0 aliphatic rings. The third kappa shape index (κ3) is 2.85. The number of anilines is 1. The van der Waals surface area contributed by atoms with Gasteiger partial charge in [0.05, 0.1) is 11.6 Å². The Kier molecular flexibility index (Phi) is 4.81. The molecule has 0 amide bonds. The van der Waals surface area contributed by atoms with Crippen molar-refractivity contribution < 1.29 is 0 Å². The second-order valence-electron chi connectivity index (χ2n) is 2.15. The number of nitrogens with zero attached hydrogens (tertiary/aromatic N) is 2. The molecule has 0 saturated carbocycles. The number of hydrogen-bond donors (Lipinski definition) is 0. The molecule has 2 nitrogen and oxygen atoms in total. The lowest BCUT2D eigenvalue weighted by molar-refractivity contribution is 1.08. The molecule has 0 aliphatic heterocycles. The van der Waals surface area contributed by atoms with E-state index in [1.54, 1.807) is 11.3 Å². The first-order chi connectivity index (χ1) is 4.74. The van der Waals surface area contributed by atoms with Crippen LogP contribution in [0, 0.1) is 0 Å². The Morgan fingerprint density at radius 1 is 1.64 bits per heavy atom. The monoisotopic (exact) mass is 212 g/mol. The normalized spacial score (nSPS) is 9.00. The van der Waals surface area contributed by atoms with E-state index in [2.05, 4.69) is 4.98 Å². The number of rotatable bonds is 2. The average Bonchev–Trinajstić information content (AvgIpc) is 2.34. The molecule has 1 heterocycles. The summed E-state index contributed by atoms with van der Waals surface area (Å²) < 4.78 is 0. The fourth-order valence-electron chi connectivity index (χ4n) is 0.563. The molecule has 0 fully saturated rings. The van der Waals surface area contributed by atoms with Crippen molar-refractivity contribution in [1.82, 2.24) is 4.98 Å². The molecule has 0 saturated heterocycles. The highest BCUT2D eigenvalue weighted by molar-refractivity contribution is 7.13. The lowest BCUT2D eigenvalue weighted by atomic mass is 10.6. The summed E-state index contributed by atoms with van der Waals surface area (Å²) in [4.78, 5) is 6.21. The van der Waals surface area contributed by atoms with E-state index in [1.165, 1.54) is 0 Å². The number of alkyl halides is 1. The zero-order chi connectivity index (χ0) is 7.56. The first-order valence-corrected chi connectivity index (χ1v) is 4.33. The van der Waals surface area contributed by atoms with Gasteiger partial charge in [0.2, 0.25) is 0 Å². The third-order valence-corrected chi connectivity index (χ3v) is 2.39. The summed E-state index contributed by atoms with van der Waals surface area (Å²) in [5, 5.41) is 2.98. The van der Waals surface area contributed by atoms with Crippen LogP contribution >= 0.6 is 35.3 Å². The van der Waals surface area contributed by atoms with Gasteiger partial charge in [0.25, 0.3) is 0 Å². The first kappa shape index (κ1) is 11.0. The Hall–Kier alpha value is 0.01000. The van der Waals surface area contributed by atoms with Crippen LogP contribution in [0.15, 0.2) is 5.38 Å². The smallest absolute Gasteiger partial charge is 0.185 e. The standard InChI is InChI=1S/C6H9ClN2S.ClH/c1-9(2)6-8-5(3-7)4-10-6;/h4H,3H2,1-2H3;1H. The van der Waals surface area contributed by atoms with Gasteiger partial charge in [0, 0.05) is 19.5 Å². The summed E-state index contributed by atoms with van der Waals surface area (Å²) in [5.41, 5.74) is 0.954. The molecular formula is C6H10Cl2N2S. The Balaban J connectivity index is 0.000001000. The van der Waals surface area contributed by atoms with Crippen LogP contribution in [0.3, 0.4) is 0 Å². The zero-order valence-corrected chi connectivity index (χ0v) is 8.76. The first-order valence-electron chi connectivity index (χ1n) is 2.91. The number of halogens is 2. The van der Waals surface area contributed by atoms with Crippen molar-refractivity contribution in [3.05, 3.63) is 11.1 Å². The highest BCUT2D eigenvalue weighted by atomic mass is 35.5. The fourth-order valence-corrected chi connectivity index (χ4v) is 1.55. The van der Waals surface area contributed by atoms with Gasteiger partial charge in [-0.3, -0.25) is 0 Å².